The van der Waals surface area contributed by atoms with Crippen LogP contribution in [-0.2, 0) is 91.3 Å². The SMILES string of the molecule is O=C(O)CN(Cc1ccccc1)C(=O)CCSSCCCOC(=O)Nc1ccc(OC(=O)CN(Cc2ccccc2)C(=O)OCCSSCCOC(=O)Nc2ccc(OC(=O)CN(Cc3ccccc3)C(=O)CCCSSCCOC(=O)Nc3cccc4c3C(=O)N(C3CCC(=O)NC3=O)C4=O)c3c2C(=O)N(C2CCC(=O)NC2=O)C3=O)c2c1C(=O)N(C1CCC(=O)NC1=O)C2=O. The van der Waals surface area contributed by atoms with E-state index in [1.165, 1.54) is 92.8 Å². The molecule has 6 aliphatic heterocycles. The summed E-state index contributed by atoms with van der Waals surface area (Å²) in [5.74, 6) is -13.9. The van der Waals surface area contributed by atoms with Gasteiger partial charge >= 0.3 is 42.3 Å². The first kappa shape index (κ1) is 97.7. The summed E-state index contributed by atoms with van der Waals surface area (Å²) < 4.78 is 33.2. The fourth-order valence-corrected chi connectivity index (χ4v) is 20.0. The quantitative estimate of drug-likeness (QED) is 0.00473. The summed E-state index contributed by atoms with van der Waals surface area (Å²) >= 11 is 0. The lowest BCUT2D eigenvalue weighted by Crippen LogP contribution is -2.54. The van der Waals surface area contributed by atoms with Gasteiger partial charge in [-0.25, -0.2) is 28.8 Å². The molecule has 0 aromatic heterocycles. The number of imide groups is 6. The molecule has 3 saturated heterocycles. The monoisotopic (exact) mass is 1920 g/mol. The van der Waals surface area contributed by atoms with Gasteiger partial charge in [-0.15, -0.1) is 0 Å². The zero-order valence-electron chi connectivity index (χ0n) is 69.9. The third-order valence-corrected chi connectivity index (χ3v) is 27.7. The van der Waals surface area contributed by atoms with Gasteiger partial charge in [-0.3, -0.25) is 123 Å². The molecule has 12 rings (SSSR count). The maximum Gasteiger partial charge on any atom is 0.411 e. The van der Waals surface area contributed by atoms with Gasteiger partial charge in [0.05, 0.1) is 57.0 Å². The molecule has 0 radical (unpaired) electrons. The summed E-state index contributed by atoms with van der Waals surface area (Å²) in [5, 5.41) is 23.1. The molecule has 6 heterocycles. The first-order valence-electron chi connectivity index (χ1n) is 41.0. The molecule has 0 bridgehead atoms. The molecule has 6 aromatic rings. The average Bonchev–Trinajstić information content (AvgIpc) is 1.58. The van der Waals surface area contributed by atoms with E-state index in [1.54, 1.807) is 91.0 Å². The number of aliphatic carboxylic acids is 1. The number of carbonyl (C=O) groups excluding carboxylic acids is 20. The van der Waals surface area contributed by atoms with Crippen molar-refractivity contribution < 1.29 is 134 Å². The van der Waals surface area contributed by atoms with Crippen molar-refractivity contribution in [2.45, 2.75) is 102 Å². The number of benzene rings is 6. The Morgan fingerprint density at radius 1 is 0.364 bits per heavy atom. The van der Waals surface area contributed by atoms with Crippen LogP contribution < -0.4 is 41.4 Å². The number of carboxylic acid groups (broad SMARTS) is 1. The minimum atomic E-state index is -1.50. The second-order valence-electron chi connectivity index (χ2n) is 29.5. The van der Waals surface area contributed by atoms with Gasteiger partial charge in [0, 0.05) is 86.3 Å². The number of ether oxygens (including phenoxy) is 6. The number of hydrogen-bond donors (Lipinski definition) is 7. The molecule has 3 unspecified atom stereocenters. The van der Waals surface area contributed by atoms with Gasteiger partial charge < -0.3 is 43.3 Å². The predicted octanol–water partition coefficient (Wildman–Crippen LogP) is 8.23. The van der Waals surface area contributed by atoms with Crippen LogP contribution in [0.2, 0.25) is 0 Å². The van der Waals surface area contributed by atoms with Crippen LogP contribution in [-0.4, -0.2) is 258 Å². The Bertz CT molecular complexity index is 5550. The van der Waals surface area contributed by atoms with Crippen molar-refractivity contribution >= 4 is 207 Å². The molecule has 3 fully saturated rings. The molecule has 40 nitrogen and oxygen atoms in total. The van der Waals surface area contributed by atoms with Gasteiger partial charge in [0.15, 0.2) is 0 Å². The zero-order chi connectivity index (χ0) is 94.1. The van der Waals surface area contributed by atoms with E-state index in [0.717, 1.165) is 39.6 Å². The number of carboxylic acids is 1. The van der Waals surface area contributed by atoms with Crippen molar-refractivity contribution in [1.82, 2.24) is 45.3 Å². The Labute approximate surface area is 775 Å². The molecular weight excluding hydrogens is 1840 g/mol. The highest BCUT2D eigenvalue weighted by atomic mass is 33.1. The van der Waals surface area contributed by atoms with Crippen LogP contribution >= 0.6 is 64.8 Å². The highest BCUT2D eigenvalue weighted by Gasteiger charge is 2.51. The number of nitrogens with one attached hydrogen (secondary N) is 6. The Morgan fingerprint density at radius 2 is 0.727 bits per heavy atom. The van der Waals surface area contributed by atoms with Gasteiger partial charge in [0.25, 0.3) is 35.4 Å². The lowest BCUT2D eigenvalue weighted by molar-refractivity contribution is -0.144. The Kier molecular flexibility index (Phi) is 34.8. The molecular formula is C86H84N12O28S6. The second kappa shape index (κ2) is 47.0. The number of nitrogens with zero attached hydrogens (tertiary/aromatic N) is 6. The molecule has 46 heteroatoms. The largest absolute Gasteiger partial charge is 0.480 e. The normalized spacial score (nSPS) is 16.1. The number of anilines is 3. The summed E-state index contributed by atoms with van der Waals surface area (Å²) in [6.45, 7) is -2.80. The summed E-state index contributed by atoms with van der Waals surface area (Å²) in [6, 6.07) is 30.6. The lowest BCUT2D eigenvalue weighted by atomic mass is 10.0. The predicted molar refractivity (Wildman–Crippen MR) is 478 cm³/mol. The second-order valence-corrected chi connectivity index (χ2v) is 37.6. The van der Waals surface area contributed by atoms with E-state index in [2.05, 4.69) is 31.9 Å². The van der Waals surface area contributed by atoms with Crippen LogP contribution in [0.3, 0.4) is 0 Å². The first-order valence-corrected chi connectivity index (χ1v) is 48.5. The zero-order valence-corrected chi connectivity index (χ0v) is 74.8. The Morgan fingerprint density at radius 3 is 1.17 bits per heavy atom. The smallest absolute Gasteiger partial charge is 0.411 e. The van der Waals surface area contributed by atoms with Crippen molar-refractivity contribution in [2.24, 2.45) is 0 Å². The summed E-state index contributed by atoms with van der Waals surface area (Å²) in [7, 11) is 7.79. The van der Waals surface area contributed by atoms with Crippen LogP contribution in [0.25, 0.3) is 0 Å². The fourth-order valence-electron chi connectivity index (χ4n) is 14.4. The summed E-state index contributed by atoms with van der Waals surface area (Å²) in [6.07, 6.45) is -4.59. The van der Waals surface area contributed by atoms with Crippen molar-refractivity contribution in [3.8, 4) is 11.5 Å². The van der Waals surface area contributed by atoms with Gasteiger partial charge in [0.2, 0.25) is 47.3 Å². The molecule has 0 saturated carbocycles. The number of carbonyl (C=O) groups is 21. The first-order chi connectivity index (χ1) is 63.6. The summed E-state index contributed by atoms with van der Waals surface area (Å²) in [5.41, 5.74) is -0.856. The molecule has 0 aliphatic carbocycles. The lowest BCUT2D eigenvalue weighted by Gasteiger charge is -2.27. The molecule has 6 aromatic carbocycles. The Balaban J connectivity index is 0.600. The third-order valence-electron chi connectivity index (χ3n) is 20.4. The van der Waals surface area contributed by atoms with E-state index in [-0.39, 0.29) is 149 Å². The van der Waals surface area contributed by atoms with Crippen molar-refractivity contribution in [1.29, 1.82) is 0 Å². The van der Waals surface area contributed by atoms with Crippen LogP contribution in [0.4, 0.5) is 36.2 Å². The number of hydrogen-bond acceptors (Lipinski definition) is 33. The third kappa shape index (κ3) is 25.7. The van der Waals surface area contributed by atoms with E-state index in [1.807, 2.05) is 0 Å². The minimum Gasteiger partial charge on any atom is -0.480 e. The number of fused-ring (bicyclic) bond motifs is 3. The molecule has 7 N–H and O–H groups in total. The maximum absolute atomic E-state index is 14.5. The number of esters is 2. The molecule has 3 atom stereocenters. The minimum absolute atomic E-state index is 0.0240. The topological polar surface area (TPSA) is 526 Å². The van der Waals surface area contributed by atoms with Gasteiger partial charge in [-0.2, -0.15) is 0 Å². The van der Waals surface area contributed by atoms with Gasteiger partial charge in [-0.05, 0) is 85.2 Å². The van der Waals surface area contributed by atoms with Gasteiger partial charge in [0.1, 0.15) is 69.1 Å². The van der Waals surface area contributed by atoms with Crippen LogP contribution in [0.5, 0.6) is 11.5 Å². The molecule has 0 spiro atoms. The number of rotatable bonds is 43. The molecule has 692 valence electrons. The Hall–Kier alpha value is -13.3. The van der Waals surface area contributed by atoms with E-state index < -0.39 is 191 Å². The molecule has 18 amide bonds. The van der Waals surface area contributed by atoms with E-state index in [4.69, 9.17) is 28.4 Å². The highest BCUT2D eigenvalue weighted by molar-refractivity contribution is 8.77. The van der Waals surface area contributed by atoms with E-state index >= 15 is 0 Å². The van der Waals surface area contributed by atoms with Crippen LogP contribution in [0.15, 0.2) is 133 Å². The molecule has 132 heavy (non-hydrogen) atoms. The van der Waals surface area contributed by atoms with E-state index in [9.17, 15) is 106 Å². The standard InChI is InChI=1S/C86H84N12O28S6/c99-61-29-24-56(74(108)90-61)96-77(111)52-19-10-20-53(69(52)78(96)112)87-84(118)122-34-40-130-127-37-11-21-64(102)94(44-50-15-6-2-7-16-50)47-67(106)125-59-27-23-55(71-72(59)81(115)98(80(71)114)58-26-31-63(101)92-76(58)110)89-85(119)123-35-41-131-132-42-36-124-86(120)95(45-51-17-8-3-9-18-51)48-68(107)126-60-28-22-54(70-73(60)82(116)97(79(70)113)57-25-30-62(100)91-75(57)109)88-83(117)121-33-12-38-128-129-39-32-65(103)93(46-66(104)105)43-49-13-4-1-5-14-49/h1-10,13-20,22-23,27-28,56-58H,11-12,21,24-26,29-48H2,(H,87,118)(H,88,117)(H,89,119)(H,104,105)(H,90,99,108)(H,91,100,109)(H,92,101,110). The number of piperidine rings is 3. The fraction of sp³-hybridized carbons (Fsp3) is 0.337. The van der Waals surface area contributed by atoms with Crippen LogP contribution in [0.1, 0.15) is 143 Å². The van der Waals surface area contributed by atoms with Crippen LogP contribution in [0, 0.1) is 0 Å². The van der Waals surface area contributed by atoms with E-state index in [0.29, 0.717) is 51.0 Å². The summed E-state index contributed by atoms with van der Waals surface area (Å²) in [4.78, 5) is 285. The average molecular weight is 1930 g/mol. The van der Waals surface area contributed by atoms with Crippen molar-refractivity contribution in [2.75, 3.05) is 96.5 Å². The highest BCUT2D eigenvalue weighted by Crippen LogP contribution is 2.42. The molecule has 6 aliphatic rings. The van der Waals surface area contributed by atoms with Crippen molar-refractivity contribution in [3.63, 3.8) is 0 Å². The van der Waals surface area contributed by atoms with Gasteiger partial charge in [-0.1, -0.05) is 162 Å². The van der Waals surface area contributed by atoms with Crippen molar-refractivity contribution in [3.05, 3.63) is 184 Å². The maximum atomic E-state index is 14.5. The number of amides is 18.